The zero-order chi connectivity index (χ0) is 14.2. The Labute approximate surface area is 119 Å². The van der Waals surface area contributed by atoms with E-state index in [0.29, 0.717) is 0 Å². The van der Waals surface area contributed by atoms with E-state index in [1.807, 2.05) is 0 Å². The summed E-state index contributed by atoms with van der Waals surface area (Å²) in [5.74, 6) is -2.09. The van der Waals surface area contributed by atoms with Crippen LogP contribution in [0.4, 0.5) is 0 Å². The molecule has 8 heteroatoms. The third-order valence-electron chi connectivity index (χ3n) is 3.14. The molecule has 0 radical (unpaired) electrons. The number of aromatic amines is 1. The molecule has 19 heavy (non-hydrogen) atoms. The average Bonchev–Trinajstić information content (AvgIpc) is 2.95. The average molecular weight is 307 g/mol. The summed E-state index contributed by atoms with van der Waals surface area (Å²) >= 11 is 11.5. The first kappa shape index (κ1) is 14.2. The molecule has 2 rings (SSSR count). The van der Waals surface area contributed by atoms with E-state index in [-0.39, 0.29) is 35.0 Å². The molecule has 2 unspecified atom stereocenters. The summed E-state index contributed by atoms with van der Waals surface area (Å²) in [7, 11) is 1.53. The molecule has 6 nitrogen and oxygen atoms in total. The number of aromatic nitrogens is 1. The van der Waals surface area contributed by atoms with Crippen molar-refractivity contribution in [1.29, 1.82) is 0 Å². The van der Waals surface area contributed by atoms with Crippen molar-refractivity contribution in [3.63, 3.8) is 0 Å². The van der Waals surface area contributed by atoms with Crippen molar-refractivity contribution in [2.24, 2.45) is 5.92 Å². The molecular formula is C11H12Cl2N2O4. The molecule has 0 saturated carbocycles. The van der Waals surface area contributed by atoms with Crippen LogP contribution in [0, 0.1) is 5.92 Å². The molecule has 0 aliphatic carbocycles. The van der Waals surface area contributed by atoms with Crippen molar-refractivity contribution >= 4 is 35.1 Å². The van der Waals surface area contributed by atoms with Gasteiger partial charge in [-0.2, -0.15) is 0 Å². The maximum Gasteiger partial charge on any atom is 0.311 e. The highest BCUT2D eigenvalue weighted by molar-refractivity contribution is 6.41. The van der Waals surface area contributed by atoms with Gasteiger partial charge >= 0.3 is 5.97 Å². The predicted octanol–water partition coefficient (Wildman–Crippen LogP) is 1.49. The van der Waals surface area contributed by atoms with Crippen LogP contribution >= 0.6 is 23.2 Å². The number of carboxylic acid groups (broad SMARTS) is 1. The fourth-order valence-electron chi connectivity index (χ4n) is 2.02. The van der Waals surface area contributed by atoms with Crippen LogP contribution in [0.5, 0.6) is 0 Å². The Morgan fingerprint density at radius 3 is 2.68 bits per heavy atom. The summed E-state index contributed by atoms with van der Waals surface area (Å²) in [5, 5.41) is 9.49. The van der Waals surface area contributed by atoms with Gasteiger partial charge in [0.05, 0.1) is 24.3 Å². The number of ether oxygens (including phenoxy) is 1. The molecule has 0 bridgehead atoms. The van der Waals surface area contributed by atoms with Gasteiger partial charge in [-0.05, 0) is 6.07 Å². The zero-order valence-corrected chi connectivity index (χ0v) is 11.5. The number of rotatable bonds is 3. The van der Waals surface area contributed by atoms with Gasteiger partial charge in [-0.25, -0.2) is 0 Å². The number of H-pyrrole nitrogens is 1. The monoisotopic (exact) mass is 306 g/mol. The molecule has 1 amide bonds. The largest absolute Gasteiger partial charge is 0.481 e. The number of nitrogens with zero attached hydrogens (tertiary/aromatic N) is 1. The number of hydrogen-bond donors (Lipinski definition) is 2. The number of carbonyl (C=O) groups is 2. The minimum Gasteiger partial charge on any atom is -0.481 e. The molecule has 2 atom stereocenters. The van der Waals surface area contributed by atoms with Crippen LogP contribution < -0.4 is 0 Å². The number of halogens is 2. The smallest absolute Gasteiger partial charge is 0.311 e. The van der Waals surface area contributed by atoms with Gasteiger partial charge in [0, 0.05) is 7.05 Å². The van der Waals surface area contributed by atoms with Crippen molar-refractivity contribution in [3.05, 3.63) is 21.9 Å². The number of nitrogens with one attached hydrogen (secondary N) is 1. The van der Waals surface area contributed by atoms with Crippen LogP contribution in [0.25, 0.3) is 0 Å². The second-order valence-electron chi connectivity index (χ2n) is 4.31. The highest BCUT2D eigenvalue weighted by Crippen LogP contribution is 2.25. The van der Waals surface area contributed by atoms with E-state index in [0.717, 1.165) is 0 Å². The number of likely N-dealkylation sites (N-methyl/N-ethyl adjacent to an activating group) is 1. The predicted molar refractivity (Wildman–Crippen MR) is 68.6 cm³/mol. The van der Waals surface area contributed by atoms with Gasteiger partial charge in [0.15, 0.2) is 0 Å². The van der Waals surface area contributed by atoms with E-state index >= 15 is 0 Å². The number of aliphatic carboxylic acids is 1. The lowest BCUT2D eigenvalue weighted by molar-refractivity contribution is -0.142. The van der Waals surface area contributed by atoms with Crippen LogP contribution in [-0.2, 0) is 9.53 Å². The number of hydrogen-bond acceptors (Lipinski definition) is 3. The highest BCUT2D eigenvalue weighted by Gasteiger charge is 2.39. The Morgan fingerprint density at radius 1 is 1.47 bits per heavy atom. The maximum atomic E-state index is 12.2. The van der Waals surface area contributed by atoms with Gasteiger partial charge in [-0.1, -0.05) is 23.2 Å². The summed E-state index contributed by atoms with van der Waals surface area (Å²) in [6.45, 7) is 0.297. The van der Waals surface area contributed by atoms with Crippen molar-refractivity contribution in [3.8, 4) is 0 Å². The molecule has 1 aliphatic heterocycles. The molecule has 1 aliphatic rings. The zero-order valence-electron chi connectivity index (χ0n) is 10.0. The molecule has 0 aromatic carbocycles. The number of carboxylic acids is 1. The minimum absolute atomic E-state index is 0.101. The van der Waals surface area contributed by atoms with E-state index < -0.39 is 17.9 Å². The summed E-state index contributed by atoms with van der Waals surface area (Å²) < 4.78 is 5.13. The number of amides is 1. The lowest BCUT2D eigenvalue weighted by Crippen LogP contribution is -2.44. The molecule has 2 heterocycles. The van der Waals surface area contributed by atoms with Crippen LogP contribution in [0.2, 0.25) is 10.2 Å². The highest BCUT2D eigenvalue weighted by atomic mass is 35.5. The standard InChI is InChI=1S/C11H12Cl2N2O4/c1-15(8-4-19-3-5(8)11(17)18)10(16)7-2-6(12)9(13)14-7/h2,5,8,14H,3-4H2,1H3,(H,17,18). The van der Waals surface area contributed by atoms with E-state index in [1.54, 1.807) is 0 Å². The molecule has 1 saturated heterocycles. The Hall–Kier alpha value is -1.24. The van der Waals surface area contributed by atoms with Gasteiger partial charge < -0.3 is 19.7 Å². The van der Waals surface area contributed by atoms with Crippen LogP contribution in [-0.4, -0.2) is 53.2 Å². The van der Waals surface area contributed by atoms with Crippen molar-refractivity contribution < 1.29 is 19.4 Å². The first-order valence-electron chi connectivity index (χ1n) is 5.53. The first-order valence-corrected chi connectivity index (χ1v) is 6.29. The van der Waals surface area contributed by atoms with Gasteiger partial charge in [0.1, 0.15) is 16.8 Å². The fourth-order valence-corrected chi connectivity index (χ4v) is 2.33. The van der Waals surface area contributed by atoms with Gasteiger partial charge in [0.2, 0.25) is 0 Å². The van der Waals surface area contributed by atoms with Gasteiger partial charge in [0.25, 0.3) is 5.91 Å². The van der Waals surface area contributed by atoms with Crippen molar-refractivity contribution in [2.75, 3.05) is 20.3 Å². The van der Waals surface area contributed by atoms with Crippen molar-refractivity contribution in [2.45, 2.75) is 6.04 Å². The summed E-state index contributed by atoms with van der Waals surface area (Å²) in [5.41, 5.74) is 0.216. The lowest BCUT2D eigenvalue weighted by atomic mass is 10.0. The Bertz CT molecular complexity index is 497. The van der Waals surface area contributed by atoms with E-state index in [9.17, 15) is 9.59 Å². The quantitative estimate of drug-likeness (QED) is 0.886. The van der Waals surface area contributed by atoms with Crippen molar-refractivity contribution in [1.82, 2.24) is 9.88 Å². The SMILES string of the molecule is CN(C(=O)c1cc(Cl)c(Cl)[nH]1)C1COCC1C(=O)O. The molecule has 1 aromatic heterocycles. The molecular weight excluding hydrogens is 295 g/mol. The topological polar surface area (TPSA) is 82.6 Å². The third kappa shape index (κ3) is 2.70. The number of carbonyl (C=O) groups excluding carboxylic acids is 1. The Kier molecular flexibility index (Phi) is 4.03. The third-order valence-corrected chi connectivity index (χ3v) is 3.83. The molecule has 1 fully saturated rings. The van der Waals surface area contributed by atoms with E-state index in [1.165, 1.54) is 18.0 Å². The van der Waals surface area contributed by atoms with Crippen LogP contribution in [0.15, 0.2) is 6.07 Å². The minimum atomic E-state index is -0.982. The van der Waals surface area contributed by atoms with Gasteiger partial charge in [-0.15, -0.1) is 0 Å². The normalized spacial score (nSPS) is 22.5. The second-order valence-corrected chi connectivity index (χ2v) is 5.10. The summed E-state index contributed by atoms with van der Waals surface area (Å²) in [6, 6.07) is 0.903. The second kappa shape index (κ2) is 5.40. The Balaban J connectivity index is 2.17. The molecule has 1 aromatic rings. The van der Waals surface area contributed by atoms with Gasteiger partial charge in [-0.3, -0.25) is 9.59 Å². The Morgan fingerprint density at radius 2 is 2.16 bits per heavy atom. The lowest BCUT2D eigenvalue weighted by Gasteiger charge is -2.25. The summed E-state index contributed by atoms with van der Waals surface area (Å²) in [6.07, 6.45) is 0. The summed E-state index contributed by atoms with van der Waals surface area (Å²) in [4.78, 5) is 27.2. The van der Waals surface area contributed by atoms with Crippen LogP contribution in [0.3, 0.4) is 0 Å². The fraction of sp³-hybridized carbons (Fsp3) is 0.455. The van der Waals surface area contributed by atoms with E-state index in [2.05, 4.69) is 4.98 Å². The molecule has 0 spiro atoms. The first-order chi connectivity index (χ1) is 8.91. The van der Waals surface area contributed by atoms with E-state index in [4.69, 9.17) is 33.0 Å². The van der Waals surface area contributed by atoms with Crippen LogP contribution in [0.1, 0.15) is 10.5 Å². The maximum absolute atomic E-state index is 12.2. The molecule has 104 valence electrons. The molecule has 2 N–H and O–H groups in total.